The molecule has 2 amide bonds. The molecule has 0 atom stereocenters. The van der Waals surface area contributed by atoms with Gasteiger partial charge in [0.1, 0.15) is 6.54 Å². The molecule has 0 N–H and O–H groups in total. The van der Waals surface area contributed by atoms with Crippen LogP contribution in [0.2, 0.25) is 0 Å². The van der Waals surface area contributed by atoms with Gasteiger partial charge >= 0.3 is 0 Å². The van der Waals surface area contributed by atoms with Gasteiger partial charge in [0, 0.05) is 17.5 Å². The molecule has 0 bridgehead atoms. The van der Waals surface area contributed by atoms with Gasteiger partial charge in [-0.1, -0.05) is 42.5 Å². The van der Waals surface area contributed by atoms with Crippen molar-refractivity contribution < 1.29 is 19.1 Å². The Morgan fingerprint density at radius 2 is 1.69 bits per heavy atom. The Kier molecular flexibility index (Phi) is 8.42. The summed E-state index contributed by atoms with van der Waals surface area (Å²) < 4.78 is 10.8. The first-order valence-electron chi connectivity index (χ1n) is 11.9. The van der Waals surface area contributed by atoms with Crippen LogP contribution in [0.15, 0.2) is 66.0 Å². The summed E-state index contributed by atoms with van der Waals surface area (Å²) in [5.41, 5.74) is 2.03. The highest BCUT2D eigenvalue weighted by molar-refractivity contribution is 7.09. The smallest absolute Gasteiger partial charge is 0.242 e. The van der Waals surface area contributed by atoms with Gasteiger partial charge in [-0.2, -0.15) is 0 Å². The monoisotopic (exact) mass is 492 g/mol. The first-order chi connectivity index (χ1) is 17.1. The molecule has 1 aliphatic carbocycles. The molecule has 35 heavy (non-hydrogen) atoms. The number of ether oxygens (including phenoxy) is 2. The van der Waals surface area contributed by atoms with E-state index in [0.29, 0.717) is 37.4 Å². The van der Waals surface area contributed by atoms with Gasteiger partial charge in [-0.05, 0) is 54.0 Å². The molecule has 184 valence electrons. The van der Waals surface area contributed by atoms with Gasteiger partial charge in [0.05, 0.1) is 27.2 Å². The summed E-state index contributed by atoms with van der Waals surface area (Å²) in [6, 6.07) is 19.8. The molecule has 7 heteroatoms. The topological polar surface area (TPSA) is 59.1 Å². The van der Waals surface area contributed by atoms with E-state index in [1.165, 1.54) is 0 Å². The summed E-state index contributed by atoms with van der Waals surface area (Å²) in [4.78, 5) is 31.4. The lowest BCUT2D eigenvalue weighted by Gasteiger charge is -2.28. The number of rotatable bonds is 12. The van der Waals surface area contributed by atoms with Gasteiger partial charge in [0.25, 0.3) is 0 Å². The maximum absolute atomic E-state index is 13.5. The third-order valence-corrected chi connectivity index (χ3v) is 7.07. The second-order valence-corrected chi connectivity index (χ2v) is 9.78. The van der Waals surface area contributed by atoms with Gasteiger partial charge in [-0.25, -0.2) is 0 Å². The molecule has 1 aliphatic rings. The Bertz CT molecular complexity index is 1110. The predicted molar refractivity (Wildman–Crippen MR) is 138 cm³/mol. The molecule has 0 unspecified atom stereocenters. The lowest BCUT2D eigenvalue weighted by molar-refractivity contribution is -0.141. The van der Waals surface area contributed by atoms with E-state index in [2.05, 4.69) is 0 Å². The van der Waals surface area contributed by atoms with Crippen molar-refractivity contribution in [2.75, 3.05) is 27.3 Å². The number of nitrogens with zero attached hydrogens (tertiary/aromatic N) is 2. The minimum atomic E-state index is -0.0211. The summed E-state index contributed by atoms with van der Waals surface area (Å²) in [5, 5.41) is 2.02. The lowest BCUT2D eigenvalue weighted by Crippen LogP contribution is -2.44. The predicted octanol–water partition coefficient (Wildman–Crippen LogP) is 4.57. The second-order valence-electron chi connectivity index (χ2n) is 8.75. The fourth-order valence-electron chi connectivity index (χ4n) is 4.11. The Labute approximate surface area is 211 Å². The highest BCUT2D eigenvalue weighted by atomic mass is 32.1. The Balaban J connectivity index is 1.45. The molecule has 2 aromatic carbocycles. The summed E-state index contributed by atoms with van der Waals surface area (Å²) in [5.74, 6) is 1.35. The Hall–Kier alpha value is -3.32. The van der Waals surface area contributed by atoms with Crippen LogP contribution >= 0.6 is 11.3 Å². The second kappa shape index (κ2) is 11.9. The third kappa shape index (κ3) is 6.85. The molecular weight excluding hydrogens is 460 g/mol. The molecule has 1 fully saturated rings. The van der Waals surface area contributed by atoms with E-state index in [1.54, 1.807) is 30.5 Å². The van der Waals surface area contributed by atoms with Gasteiger partial charge in [-0.15, -0.1) is 11.3 Å². The SMILES string of the molecule is COc1ccc(CCN(Cc2cccs2)C(=O)CN(C(=O)Cc2ccccc2)C2CC2)cc1OC. The van der Waals surface area contributed by atoms with Gasteiger partial charge in [0.2, 0.25) is 11.8 Å². The quantitative estimate of drug-likeness (QED) is 0.372. The van der Waals surface area contributed by atoms with Crippen LogP contribution in [-0.4, -0.2) is 55.0 Å². The highest BCUT2D eigenvalue weighted by Gasteiger charge is 2.34. The number of hydrogen-bond acceptors (Lipinski definition) is 5. The van der Waals surface area contributed by atoms with Crippen molar-refractivity contribution in [2.45, 2.75) is 38.3 Å². The lowest BCUT2D eigenvalue weighted by atomic mass is 10.1. The van der Waals surface area contributed by atoms with Gasteiger partial charge < -0.3 is 19.3 Å². The molecule has 1 heterocycles. The van der Waals surface area contributed by atoms with Crippen LogP contribution in [0, 0.1) is 0 Å². The molecule has 0 radical (unpaired) electrons. The molecule has 6 nitrogen and oxygen atoms in total. The number of amides is 2. The average Bonchev–Trinajstić information content (AvgIpc) is 3.59. The molecule has 0 saturated heterocycles. The van der Waals surface area contributed by atoms with Crippen LogP contribution in [0.25, 0.3) is 0 Å². The van der Waals surface area contributed by atoms with Crippen molar-refractivity contribution in [2.24, 2.45) is 0 Å². The van der Waals surface area contributed by atoms with Crippen LogP contribution in [0.4, 0.5) is 0 Å². The Morgan fingerprint density at radius 1 is 0.914 bits per heavy atom. The summed E-state index contributed by atoms with van der Waals surface area (Å²) >= 11 is 1.64. The van der Waals surface area contributed by atoms with Crippen molar-refractivity contribution in [1.29, 1.82) is 0 Å². The molecule has 4 rings (SSSR count). The maximum Gasteiger partial charge on any atom is 0.242 e. The van der Waals surface area contributed by atoms with E-state index >= 15 is 0 Å². The Morgan fingerprint density at radius 3 is 2.34 bits per heavy atom. The zero-order valence-electron chi connectivity index (χ0n) is 20.3. The van der Waals surface area contributed by atoms with E-state index in [0.717, 1.165) is 28.8 Å². The molecule has 0 spiro atoms. The fraction of sp³-hybridized carbons (Fsp3) is 0.357. The first-order valence-corrected chi connectivity index (χ1v) is 12.8. The number of carbonyl (C=O) groups is 2. The zero-order chi connectivity index (χ0) is 24.6. The van der Waals surface area contributed by atoms with Crippen molar-refractivity contribution >= 4 is 23.2 Å². The largest absolute Gasteiger partial charge is 0.493 e. The van der Waals surface area contributed by atoms with Gasteiger partial charge in [0.15, 0.2) is 11.5 Å². The summed E-state index contributed by atoms with van der Waals surface area (Å²) in [6.45, 7) is 1.21. The average molecular weight is 493 g/mol. The minimum absolute atomic E-state index is 0.0167. The number of carbonyl (C=O) groups excluding carboxylic acids is 2. The van der Waals surface area contributed by atoms with Crippen molar-refractivity contribution in [3.63, 3.8) is 0 Å². The van der Waals surface area contributed by atoms with E-state index in [4.69, 9.17) is 9.47 Å². The van der Waals surface area contributed by atoms with Crippen LogP contribution in [0.1, 0.15) is 28.8 Å². The fourth-order valence-corrected chi connectivity index (χ4v) is 4.83. The third-order valence-electron chi connectivity index (χ3n) is 6.21. The normalized spacial score (nSPS) is 12.7. The van der Waals surface area contributed by atoms with E-state index in [9.17, 15) is 9.59 Å². The van der Waals surface area contributed by atoms with Crippen LogP contribution in [0.3, 0.4) is 0 Å². The number of thiophene rings is 1. The summed E-state index contributed by atoms with van der Waals surface area (Å²) in [7, 11) is 3.23. The number of benzene rings is 2. The van der Waals surface area contributed by atoms with Crippen LogP contribution in [0.5, 0.6) is 11.5 Å². The summed E-state index contributed by atoms with van der Waals surface area (Å²) in [6.07, 6.45) is 2.93. The van der Waals surface area contributed by atoms with Crippen molar-refractivity contribution in [3.8, 4) is 11.5 Å². The standard InChI is InChI=1S/C28H32N2O4S/c1-33-25-13-10-22(17-26(25)34-2)14-15-29(19-24-9-6-16-35-24)28(32)20-30(23-11-12-23)27(31)18-21-7-4-3-5-8-21/h3-10,13,16-17,23H,11-12,14-15,18-20H2,1-2H3. The van der Waals surface area contributed by atoms with E-state index in [-0.39, 0.29) is 24.4 Å². The molecular formula is C28H32N2O4S. The van der Waals surface area contributed by atoms with Gasteiger partial charge in [-0.3, -0.25) is 9.59 Å². The van der Waals surface area contributed by atoms with Crippen LogP contribution in [-0.2, 0) is 29.0 Å². The zero-order valence-corrected chi connectivity index (χ0v) is 21.1. The van der Waals surface area contributed by atoms with E-state index in [1.807, 2.05) is 70.9 Å². The van der Waals surface area contributed by atoms with Crippen molar-refractivity contribution in [1.82, 2.24) is 9.80 Å². The molecule has 0 aliphatic heterocycles. The molecule has 1 saturated carbocycles. The first kappa shape index (κ1) is 24.8. The minimum Gasteiger partial charge on any atom is -0.493 e. The molecule has 3 aromatic rings. The van der Waals surface area contributed by atoms with Crippen LogP contribution < -0.4 is 9.47 Å². The van der Waals surface area contributed by atoms with Crippen molar-refractivity contribution in [3.05, 3.63) is 82.0 Å². The maximum atomic E-state index is 13.5. The number of hydrogen-bond donors (Lipinski definition) is 0. The highest BCUT2D eigenvalue weighted by Crippen LogP contribution is 2.29. The van der Waals surface area contributed by atoms with E-state index < -0.39 is 0 Å². The molecule has 1 aromatic heterocycles. The number of methoxy groups -OCH3 is 2.